The molecule has 1 saturated heterocycles. The lowest BCUT2D eigenvalue weighted by Gasteiger charge is -2.15. The molecule has 5 nitrogen and oxygen atoms in total. The number of hydrogen-bond donors (Lipinski definition) is 1. The van der Waals surface area contributed by atoms with Gasteiger partial charge in [-0.2, -0.15) is 0 Å². The topological polar surface area (TPSA) is 64.8 Å². The predicted molar refractivity (Wildman–Crippen MR) is 93.2 cm³/mol. The molecule has 1 aliphatic rings. The largest absolute Gasteiger partial charge is 0.494 e. The number of halogens is 1. The third kappa shape index (κ3) is 6.77. The maximum absolute atomic E-state index is 12.0. The van der Waals surface area contributed by atoms with Gasteiger partial charge in [-0.05, 0) is 37.0 Å². The van der Waals surface area contributed by atoms with Crippen molar-refractivity contribution in [1.82, 2.24) is 4.90 Å². The van der Waals surface area contributed by atoms with E-state index in [0.29, 0.717) is 19.6 Å². The zero-order chi connectivity index (χ0) is 15.8. The van der Waals surface area contributed by atoms with Crippen molar-refractivity contribution in [2.24, 2.45) is 5.73 Å². The second kappa shape index (κ2) is 10.5. The molecule has 1 aliphatic heterocycles. The molecule has 0 bridgehead atoms. The fourth-order valence-corrected chi connectivity index (χ4v) is 2.56. The summed E-state index contributed by atoms with van der Waals surface area (Å²) in [6.45, 7) is 2.78. The van der Waals surface area contributed by atoms with Crippen molar-refractivity contribution in [2.75, 3.05) is 33.4 Å². The van der Waals surface area contributed by atoms with Crippen molar-refractivity contribution in [1.29, 1.82) is 0 Å². The van der Waals surface area contributed by atoms with Gasteiger partial charge in [0.1, 0.15) is 5.75 Å². The second-order valence-corrected chi connectivity index (χ2v) is 5.73. The van der Waals surface area contributed by atoms with Crippen molar-refractivity contribution >= 4 is 18.3 Å². The quantitative estimate of drug-likeness (QED) is 0.734. The molecule has 1 fully saturated rings. The Balaban J connectivity index is 0.00000264. The number of benzene rings is 1. The fraction of sp³-hybridized carbons (Fsp3) is 0.588. The van der Waals surface area contributed by atoms with E-state index in [4.69, 9.17) is 15.2 Å². The van der Waals surface area contributed by atoms with E-state index in [-0.39, 0.29) is 24.4 Å². The Morgan fingerprint density at radius 3 is 2.65 bits per heavy atom. The van der Waals surface area contributed by atoms with E-state index in [1.807, 2.05) is 29.2 Å². The smallest absolute Gasteiger partial charge is 0.222 e. The Hall–Kier alpha value is -1.30. The highest BCUT2D eigenvalue weighted by molar-refractivity contribution is 5.85. The number of nitrogens with two attached hydrogens (primary N) is 1. The standard InChI is InChI=1S/C17H26N2O3.ClH/c1-21-12-9-14-4-6-16(7-5-14)22-11-2-3-17(20)19-10-8-15(18)13-19;/h4-7,15H,2-3,8-13,18H2,1H3;1H/t15-;/m1./s1. The van der Waals surface area contributed by atoms with Crippen LogP contribution in [0, 0.1) is 0 Å². The summed E-state index contributed by atoms with van der Waals surface area (Å²) >= 11 is 0. The summed E-state index contributed by atoms with van der Waals surface area (Å²) in [4.78, 5) is 13.8. The predicted octanol–water partition coefficient (Wildman–Crippen LogP) is 2.02. The van der Waals surface area contributed by atoms with Crippen LogP contribution in [0.25, 0.3) is 0 Å². The molecular formula is C17H27ClN2O3. The summed E-state index contributed by atoms with van der Waals surface area (Å²) in [6, 6.07) is 8.17. The number of carbonyl (C=O) groups excluding carboxylic acids is 1. The number of amides is 1. The highest BCUT2D eigenvalue weighted by atomic mass is 35.5. The molecule has 1 atom stereocenters. The van der Waals surface area contributed by atoms with Gasteiger partial charge in [0.15, 0.2) is 0 Å². The highest BCUT2D eigenvalue weighted by Gasteiger charge is 2.22. The van der Waals surface area contributed by atoms with Crippen LogP contribution in [0.3, 0.4) is 0 Å². The van der Waals surface area contributed by atoms with E-state index in [0.717, 1.165) is 38.2 Å². The Kier molecular flexibility index (Phi) is 8.99. The minimum atomic E-state index is 0. The first-order chi connectivity index (χ1) is 10.7. The zero-order valence-electron chi connectivity index (χ0n) is 13.7. The van der Waals surface area contributed by atoms with Gasteiger partial charge >= 0.3 is 0 Å². The van der Waals surface area contributed by atoms with Crippen molar-refractivity contribution in [2.45, 2.75) is 31.7 Å². The molecule has 1 heterocycles. The summed E-state index contributed by atoms with van der Waals surface area (Å²) in [5.74, 6) is 1.03. The zero-order valence-corrected chi connectivity index (χ0v) is 14.5. The average molecular weight is 343 g/mol. The average Bonchev–Trinajstić information content (AvgIpc) is 2.97. The first kappa shape index (κ1) is 19.7. The SMILES string of the molecule is COCCc1ccc(OCCCC(=O)N2CC[C@@H](N)C2)cc1.Cl. The first-order valence-corrected chi connectivity index (χ1v) is 7.93. The number of nitrogens with zero attached hydrogens (tertiary/aromatic N) is 1. The van der Waals surface area contributed by atoms with Gasteiger partial charge in [-0.1, -0.05) is 12.1 Å². The first-order valence-electron chi connectivity index (χ1n) is 7.93. The molecule has 1 aromatic rings. The van der Waals surface area contributed by atoms with E-state index < -0.39 is 0 Å². The summed E-state index contributed by atoms with van der Waals surface area (Å²) in [5.41, 5.74) is 7.04. The van der Waals surface area contributed by atoms with Crippen LogP contribution in [0.5, 0.6) is 5.75 Å². The molecule has 0 spiro atoms. The maximum atomic E-state index is 12.0. The lowest BCUT2D eigenvalue weighted by Crippen LogP contribution is -2.31. The van der Waals surface area contributed by atoms with E-state index in [9.17, 15) is 4.79 Å². The molecule has 1 aromatic carbocycles. The third-order valence-corrected chi connectivity index (χ3v) is 3.90. The molecule has 1 amide bonds. The lowest BCUT2D eigenvalue weighted by molar-refractivity contribution is -0.130. The van der Waals surface area contributed by atoms with Crippen LogP contribution in [-0.2, 0) is 16.0 Å². The Bertz CT molecular complexity index is 467. The van der Waals surface area contributed by atoms with E-state index in [1.165, 1.54) is 5.56 Å². The van der Waals surface area contributed by atoms with Gasteiger partial charge in [-0.3, -0.25) is 4.79 Å². The number of likely N-dealkylation sites (tertiary alicyclic amines) is 1. The molecule has 6 heteroatoms. The summed E-state index contributed by atoms with van der Waals surface area (Å²) < 4.78 is 10.7. The molecule has 130 valence electrons. The molecule has 2 rings (SSSR count). The monoisotopic (exact) mass is 342 g/mol. The van der Waals surface area contributed by atoms with Gasteiger partial charge in [0.25, 0.3) is 0 Å². The lowest BCUT2D eigenvalue weighted by atomic mass is 10.1. The number of methoxy groups -OCH3 is 1. The van der Waals surface area contributed by atoms with Gasteiger partial charge < -0.3 is 20.1 Å². The number of rotatable bonds is 8. The van der Waals surface area contributed by atoms with Crippen molar-refractivity contribution in [3.8, 4) is 5.75 Å². The van der Waals surface area contributed by atoms with Crippen LogP contribution in [-0.4, -0.2) is 50.3 Å². The summed E-state index contributed by atoms with van der Waals surface area (Å²) in [7, 11) is 1.70. The molecule has 0 saturated carbocycles. The Morgan fingerprint density at radius 2 is 2.04 bits per heavy atom. The minimum absolute atomic E-state index is 0. The van der Waals surface area contributed by atoms with E-state index >= 15 is 0 Å². The molecule has 0 aromatic heterocycles. The van der Waals surface area contributed by atoms with Gasteiger partial charge in [0, 0.05) is 32.7 Å². The van der Waals surface area contributed by atoms with Crippen LogP contribution >= 0.6 is 12.4 Å². The summed E-state index contributed by atoms with van der Waals surface area (Å²) in [6.07, 6.45) is 3.08. The van der Waals surface area contributed by atoms with Crippen molar-refractivity contribution in [3.05, 3.63) is 29.8 Å². The Morgan fingerprint density at radius 1 is 1.30 bits per heavy atom. The fourth-order valence-electron chi connectivity index (χ4n) is 2.56. The van der Waals surface area contributed by atoms with E-state index in [2.05, 4.69) is 0 Å². The third-order valence-electron chi connectivity index (χ3n) is 3.90. The van der Waals surface area contributed by atoms with Gasteiger partial charge in [-0.25, -0.2) is 0 Å². The van der Waals surface area contributed by atoms with Gasteiger partial charge in [0.2, 0.25) is 5.91 Å². The van der Waals surface area contributed by atoms with Crippen LogP contribution in [0.4, 0.5) is 0 Å². The molecule has 0 radical (unpaired) electrons. The van der Waals surface area contributed by atoms with Gasteiger partial charge in [-0.15, -0.1) is 12.4 Å². The number of carbonyl (C=O) groups is 1. The van der Waals surface area contributed by atoms with Crippen LogP contribution in [0.2, 0.25) is 0 Å². The second-order valence-electron chi connectivity index (χ2n) is 5.73. The van der Waals surface area contributed by atoms with Crippen LogP contribution in [0.15, 0.2) is 24.3 Å². The molecular weight excluding hydrogens is 316 g/mol. The van der Waals surface area contributed by atoms with Crippen LogP contribution < -0.4 is 10.5 Å². The number of ether oxygens (including phenoxy) is 2. The Labute approximate surface area is 144 Å². The molecule has 0 unspecified atom stereocenters. The summed E-state index contributed by atoms with van der Waals surface area (Å²) in [5, 5.41) is 0. The van der Waals surface area contributed by atoms with E-state index in [1.54, 1.807) is 7.11 Å². The number of hydrogen-bond acceptors (Lipinski definition) is 4. The molecule has 23 heavy (non-hydrogen) atoms. The highest BCUT2D eigenvalue weighted by Crippen LogP contribution is 2.14. The van der Waals surface area contributed by atoms with Crippen molar-refractivity contribution in [3.63, 3.8) is 0 Å². The maximum Gasteiger partial charge on any atom is 0.222 e. The molecule has 0 aliphatic carbocycles. The normalized spacial score (nSPS) is 17.0. The molecule has 2 N–H and O–H groups in total. The van der Waals surface area contributed by atoms with Crippen molar-refractivity contribution < 1.29 is 14.3 Å². The van der Waals surface area contributed by atoms with Gasteiger partial charge in [0.05, 0.1) is 13.2 Å². The minimum Gasteiger partial charge on any atom is -0.494 e. The van der Waals surface area contributed by atoms with Crippen LogP contribution in [0.1, 0.15) is 24.8 Å².